The van der Waals surface area contributed by atoms with E-state index in [9.17, 15) is 4.79 Å². The van der Waals surface area contributed by atoms with Crippen molar-refractivity contribution in [1.82, 2.24) is 15.2 Å². The molecule has 0 bridgehead atoms. The van der Waals surface area contributed by atoms with E-state index in [2.05, 4.69) is 27.0 Å². The maximum atomic E-state index is 12.4. The summed E-state index contributed by atoms with van der Waals surface area (Å²) in [5.41, 5.74) is 1.21. The Bertz CT molecular complexity index is 513. The smallest absolute Gasteiger partial charge is 0.223 e. The van der Waals surface area contributed by atoms with Gasteiger partial charge in [-0.15, -0.1) is 0 Å². The topological polar surface area (TPSA) is 48.5 Å². The van der Waals surface area contributed by atoms with Crippen LogP contribution in [0, 0.1) is 5.92 Å². The van der Waals surface area contributed by atoms with Crippen molar-refractivity contribution < 1.29 is 4.79 Å². The van der Waals surface area contributed by atoms with Crippen LogP contribution in [0.5, 0.6) is 0 Å². The molecule has 132 valence electrons. The van der Waals surface area contributed by atoms with Crippen molar-refractivity contribution in [2.75, 3.05) is 37.6 Å². The quantitative estimate of drug-likeness (QED) is 0.900. The van der Waals surface area contributed by atoms with Crippen molar-refractivity contribution in [3.05, 3.63) is 24.5 Å². The molecule has 2 aliphatic heterocycles. The second kappa shape index (κ2) is 8.47. The lowest BCUT2D eigenvalue weighted by Crippen LogP contribution is -2.45. The van der Waals surface area contributed by atoms with Gasteiger partial charge >= 0.3 is 0 Å². The van der Waals surface area contributed by atoms with Crippen LogP contribution < -0.4 is 10.2 Å². The van der Waals surface area contributed by atoms with E-state index < -0.39 is 0 Å². The minimum absolute atomic E-state index is 0.168. The summed E-state index contributed by atoms with van der Waals surface area (Å²) >= 11 is 0. The van der Waals surface area contributed by atoms with Gasteiger partial charge in [-0.05, 0) is 51.3 Å². The summed E-state index contributed by atoms with van der Waals surface area (Å²) < 4.78 is 0. The van der Waals surface area contributed by atoms with Crippen molar-refractivity contribution in [1.29, 1.82) is 0 Å². The van der Waals surface area contributed by atoms with Gasteiger partial charge in [-0.3, -0.25) is 14.7 Å². The van der Waals surface area contributed by atoms with Crippen molar-refractivity contribution in [2.45, 2.75) is 45.1 Å². The molecule has 5 nitrogen and oxygen atoms in total. The molecular weight excluding hydrogens is 300 g/mol. The van der Waals surface area contributed by atoms with Gasteiger partial charge in [0.1, 0.15) is 0 Å². The third-order valence-electron chi connectivity index (χ3n) is 5.53. The van der Waals surface area contributed by atoms with Gasteiger partial charge in [-0.25, -0.2) is 0 Å². The van der Waals surface area contributed by atoms with E-state index in [1.54, 1.807) is 0 Å². The first-order chi connectivity index (χ1) is 11.7. The molecule has 3 rings (SSSR count). The highest BCUT2D eigenvalue weighted by Crippen LogP contribution is 2.22. The van der Waals surface area contributed by atoms with Crippen LogP contribution >= 0.6 is 0 Å². The van der Waals surface area contributed by atoms with Crippen LogP contribution in [0.25, 0.3) is 0 Å². The number of rotatable bonds is 5. The van der Waals surface area contributed by atoms with E-state index in [0.717, 1.165) is 39.0 Å². The second-order valence-electron chi connectivity index (χ2n) is 7.14. The molecule has 0 spiro atoms. The molecule has 1 atom stereocenters. The average Bonchev–Trinajstić information content (AvgIpc) is 2.64. The summed E-state index contributed by atoms with van der Waals surface area (Å²) in [7, 11) is 0. The molecule has 1 unspecified atom stereocenters. The van der Waals surface area contributed by atoms with Gasteiger partial charge in [0, 0.05) is 56.2 Å². The van der Waals surface area contributed by atoms with E-state index >= 15 is 0 Å². The highest BCUT2D eigenvalue weighted by molar-refractivity contribution is 5.79. The Labute approximate surface area is 145 Å². The standard InChI is InChI=1S/C19H30N4O/c1-16-4-2-3-12-22(16)15-11-21-19(24)17-7-13-23(14-8-17)18-5-9-20-10-6-18/h5-6,9-10,16-17H,2-4,7-8,11-15H2,1H3,(H,21,24). The predicted octanol–water partition coefficient (Wildman–Crippen LogP) is 2.29. The number of anilines is 1. The van der Waals surface area contributed by atoms with E-state index in [1.165, 1.54) is 31.5 Å². The molecule has 24 heavy (non-hydrogen) atoms. The SMILES string of the molecule is CC1CCCCN1CCNC(=O)C1CCN(c2ccncc2)CC1. The minimum atomic E-state index is 0.168. The summed E-state index contributed by atoms with van der Waals surface area (Å²) in [5, 5.41) is 3.17. The molecule has 1 N–H and O–H groups in total. The van der Waals surface area contributed by atoms with Crippen molar-refractivity contribution in [3.8, 4) is 0 Å². The van der Waals surface area contributed by atoms with Crippen LogP contribution in [0.4, 0.5) is 5.69 Å². The lowest BCUT2D eigenvalue weighted by Gasteiger charge is -2.34. The monoisotopic (exact) mass is 330 g/mol. The highest BCUT2D eigenvalue weighted by atomic mass is 16.1. The number of carbonyl (C=O) groups excluding carboxylic acids is 1. The summed E-state index contributed by atoms with van der Waals surface area (Å²) in [4.78, 5) is 21.3. The Balaban J connectivity index is 1.37. The summed E-state index contributed by atoms with van der Waals surface area (Å²) in [5.74, 6) is 0.413. The number of hydrogen-bond acceptors (Lipinski definition) is 4. The van der Waals surface area contributed by atoms with Crippen LogP contribution in [0.2, 0.25) is 0 Å². The van der Waals surface area contributed by atoms with Gasteiger partial charge in [0.2, 0.25) is 5.91 Å². The van der Waals surface area contributed by atoms with Crippen LogP contribution in [0.15, 0.2) is 24.5 Å². The Kier molecular flexibility index (Phi) is 6.07. The number of piperidine rings is 2. The van der Waals surface area contributed by atoms with Crippen LogP contribution in [-0.4, -0.2) is 54.6 Å². The minimum Gasteiger partial charge on any atom is -0.371 e. The van der Waals surface area contributed by atoms with Crippen molar-refractivity contribution in [3.63, 3.8) is 0 Å². The second-order valence-corrected chi connectivity index (χ2v) is 7.14. The molecule has 0 saturated carbocycles. The first-order valence-electron chi connectivity index (χ1n) is 9.41. The van der Waals surface area contributed by atoms with Gasteiger partial charge in [-0.1, -0.05) is 6.42 Å². The van der Waals surface area contributed by atoms with Crippen LogP contribution in [0.3, 0.4) is 0 Å². The Morgan fingerprint density at radius 1 is 1.17 bits per heavy atom. The third-order valence-corrected chi connectivity index (χ3v) is 5.53. The number of carbonyl (C=O) groups is 1. The number of aromatic nitrogens is 1. The molecular formula is C19H30N4O. The zero-order valence-electron chi connectivity index (χ0n) is 14.8. The molecule has 3 heterocycles. The fraction of sp³-hybridized carbons (Fsp3) is 0.684. The van der Waals surface area contributed by atoms with Gasteiger partial charge in [-0.2, -0.15) is 0 Å². The normalized spacial score (nSPS) is 23.2. The highest BCUT2D eigenvalue weighted by Gasteiger charge is 2.25. The lowest BCUT2D eigenvalue weighted by atomic mass is 9.95. The number of likely N-dealkylation sites (tertiary alicyclic amines) is 1. The van der Waals surface area contributed by atoms with Gasteiger partial charge in [0.25, 0.3) is 0 Å². The molecule has 0 aromatic carbocycles. The summed E-state index contributed by atoms with van der Waals surface area (Å²) in [6.07, 6.45) is 9.47. The average molecular weight is 330 g/mol. The molecule has 0 aliphatic carbocycles. The number of pyridine rings is 1. The molecule has 2 fully saturated rings. The predicted molar refractivity (Wildman–Crippen MR) is 97.1 cm³/mol. The maximum absolute atomic E-state index is 12.4. The fourth-order valence-corrected chi connectivity index (χ4v) is 3.91. The molecule has 1 aromatic rings. The summed E-state index contributed by atoms with van der Waals surface area (Å²) in [6, 6.07) is 4.75. The number of hydrogen-bond donors (Lipinski definition) is 1. The summed E-state index contributed by atoms with van der Waals surface area (Å²) in [6.45, 7) is 7.16. The fourth-order valence-electron chi connectivity index (χ4n) is 3.91. The zero-order chi connectivity index (χ0) is 16.8. The zero-order valence-corrected chi connectivity index (χ0v) is 14.8. The molecule has 2 saturated heterocycles. The Hall–Kier alpha value is -1.62. The van der Waals surface area contributed by atoms with E-state index in [0.29, 0.717) is 6.04 Å². The molecule has 5 heteroatoms. The molecule has 0 radical (unpaired) electrons. The third kappa shape index (κ3) is 4.47. The number of nitrogens with one attached hydrogen (secondary N) is 1. The Morgan fingerprint density at radius 3 is 2.62 bits per heavy atom. The Morgan fingerprint density at radius 2 is 1.92 bits per heavy atom. The maximum Gasteiger partial charge on any atom is 0.223 e. The van der Waals surface area contributed by atoms with Crippen LogP contribution in [-0.2, 0) is 4.79 Å². The largest absolute Gasteiger partial charge is 0.371 e. The van der Waals surface area contributed by atoms with E-state index in [4.69, 9.17) is 0 Å². The van der Waals surface area contributed by atoms with E-state index in [1.807, 2.05) is 24.5 Å². The van der Waals surface area contributed by atoms with Crippen molar-refractivity contribution >= 4 is 11.6 Å². The molecule has 1 aromatic heterocycles. The van der Waals surface area contributed by atoms with Gasteiger partial charge < -0.3 is 10.2 Å². The van der Waals surface area contributed by atoms with Gasteiger partial charge in [0.15, 0.2) is 0 Å². The number of nitrogens with zero attached hydrogens (tertiary/aromatic N) is 3. The first kappa shape index (κ1) is 17.2. The van der Waals surface area contributed by atoms with E-state index in [-0.39, 0.29) is 11.8 Å². The lowest BCUT2D eigenvalue weighted by molar-refractivity contribution is -0.125. The molecule has 1 amide bonds. The number of amides is 1. The molecule has 2 aliphatic rings. The van der Waals surface area contributed by atoms with Crippen LogP contribution in [0.1, 0.15) is 39.0 Å². The first-order valence-corrected chi connectivity index (χ1v) is 9.41. The van der Waals surface area contributed by atoms with Crippen molar-refractivity contribution in [2.24, 2.45) is 5.92 Å². The van der Waals surface area contributed by atoms with Gasteiger partial charge in [0.05, 0.1) is 0 Å².